The SMILES string of the molecule is COc1cc2c(cc1Nc1ncc(Br)c(Nc3ccc4nccnc4c3P(C)(C)=O)n1)-c1cnn(C)c1CCN2. The highest BCUT2D eigenvalue weighted by Crippen LogP contribution is 2.42. The fourth-order valence-corrected chi connectivity index (χ4v) is 6.63. The Hall–Kier alpha value is -4.02. The summed E-state index contributed by atoms with van der Waals surface area (Å²) in [6.45, 7) is 4.23. The van der Waals surface area contributed by atoms with Gasteiger partial charge in [0.15, 0.2) is 0 Å². The molecule has 6 rings (SSSR count). The first kappa shape index (κ1) is 26.2. The molecule has 2 aromatic carbocycles. The molecule has 0 saturated carbocycles. The van der Waals surface area contributed by atoms with E-state index in [1.54, 1.807) is 39.0 Å². The van der Waals surface area contributed by atoms with Crippen LogP contribution in [0.1, 0.15) is 5.69 Å². The van der Waals surface area contributed by atoms with Crippen molar-refractivity contribution in [2.75, 3.05) is 42.9 Å². The van der Waals surface area contributed by atoms with Crippen LogP contribution in [-0.4, -0.2) is 56.7 Å². The van der Waals surface area contributed by atoms with E-state index < -0.39 is 7.14 Å². The molecule has 5 aromatic rings. The monoisotopic (exact) mass is 619 g/mol. The Morgan fingerprint density at radius 3 is 2.67 bits per heavy atom. The number of aryl methyl sites for hydroxylation is 1. The first-order chi connectivity index (χ1) is 19.2. The maximum atomic E-state index is 13.3. The molecular weight excluding hydrogens is 593 g/mol. The van der Waals surface area contributed by atoms with Crippen molar-refractivity contribution in [3.05, 3.63) is 59.2 Å². The Labute approximate surface area is 239 Å². The van der Waals surface area contributed by atoms with Gasteiger partial charge in [-0.25, -0.2) is 4.98 Å². The van der Waals surface area contributed by atoms with Crippen LogP contribution >= 0.6 is 23.1 Å². The van der Waals surface area contributed by atoms with E-state index in [1.165, 1.54) is 0 Å². The van der Waals surface area contributed by atoms with Crippen molar-refractivity contribution in [1.29, 1.82) is 0 Å². The van der Waals surface area contributed by atoms with Crippen molar-refractivity contribution in [2.45, 2.75) is 6.42 Å². The highest BCUT2D eigenvalue weighted by atomic mass is 79.9. The normalized spacial score (nSPS) is 12.7. The Morgan fingerprint density at radius 2 is 1.88 bits per heavy atom. The predicted octanol–water partition coefficient (Wildman–Crippen LogP) is 5.29. The molecule has 4 heterocycles. The third-order valence-electron chi connectivity index (χ3n) is 6.76. The summed E-state index contributed by atoms with van der Waals surface area (Å²) >= 11 is 3.55. The Morgan fingerprint density at radius 1 is 1.05 bits per heavy atom. The molecule has 0 aliphatic carbocycles. The number of anilines is 5. The second-order valence-electron chi connectivity index (χ2n) is 9.78. The maximum Gasteiger partial charge on any atom is 0.229 e. The average Bonchev–Trinajstić information content (AvgIpc) is 3.19. The molecule has 1 aliphatic rings. The summed E-state index contributed by atoms with van der Waals surface area (Å²) < 4.78 is 21.6. The van der Waals surface area contributed by atoms with Gasteiger partial charge in [0.1, 0.15) is 24.2 Å². The first-order valence-electron chi connectivity index (χ1n) is 12.6. The molecule has 0 atom stereocenters. The summed E-state index contributed by atoms with van der Waals surface area (Å²) in [6, 6.07) is 7.69. The molecule has 204 valence electrons. The number of methoxy groups -OCH3 is 1. The number of nitrogens with zero attached hydrogens (tertiary/aromatic N) is 6. The standard InChI is InChI=1S/C27H27BrN9O2P/c1-37-22-7-8-29-20-12-23(39-2)21(11-15(20)16(22)13-33-37)35-27-32-14-17(28)26(36-27)34-19-6-5-18-24(31-10-9-30-18)25(19)40(3,4)38/h5-6,9-14,29H,7-8H2,1-4H3,(H2,32,34,35,36). The number of halogens is 1. The molecule has 13 heteroatoms. The number of nitrogens with one attached hydrogen (secondary N) is 3. The number of hydrogen-bond acceptors (Lipinski definition) is 10. The minimum absolute atomic E-state index is 0.357. The Balaban J connectivity index is 1.38. The Kier molecular flexibility index (Phi) is 6.67. The maximum absolute atomic E-state index is 13.3. The van der Waals surface area contributed by atoms with Gasteiger partial charge in [-0.2, -0.15) is 10.1 Å². The van der Waals surface area contributed by atoms with Crippen LogP contribution in [0.2, 0.25) is 0 Å². The number of ether oxygens (including phenoxy) is 1. The van der Waals surface area contributed by atoms with Gasteiger partial charge in [0.2, 0.25) is 5.95 Å². The van der Waals surface area contributed by atoms with Crippen molar-refractivity contribution in [3.8, 4) is 16.9 Å². The van der Waals surface area contributed by atoms with E-state index in [1.807, 2.05) is 42.2 Å². The van der Waals surface area contributed by atoms with E-state index in [0.29, 0.717) is 49.7 Å². The van der Waals surface area contributed by atoms with Crippen LogP contribution in [0.4, 0.5) is 28.8 Å². The number of fused-ring (bicyclic) bond motifs is 4. The zero-order valence-electron chi connectivity index (χ0n) is 22.4. The van der Waals surface area contributed by atoms with E-state index in [0.717, 1.165) is 35.5 Å². The van der Waals surface area contributed by atoms with Crippen LogP contribution in [0.5, 0.6) is 5.75 Å². The van der Waals surface area contributed by atoms with Crippen molar-refractivity contribution in [2.24, 2.45) is 7.05 Å². The summed E-state index contributed by atoms with van der Waals surface area (Å²) in [5, 5.41) is 15.2. The second-order valence-corrected chi connectivity index (χ2v) is 13.8. The predicted molar refractivity (Wildman–Crippen MR) is 162 cm³/mol. The summed E-state index contributed by atoms with van der Waals surface area (Å²) in [5.41, 5.74) is 6.86. The average molecular weight is 620 g/mol. The van der Waals surface area contributed by atoms with E-state index in [4.69, 9.17) is 9.72 Å². The van der Waals surface area contributed by atoms with Gasteiger partial charge in [0.25, 0.3) is 0 Å². The first-order valence-corrected chi connectivity index (χ1v) is 16.0. The number of benzene rings is 2. The molecule has 11 nitrogen and oxygen atoms in total. The molecule has 0 saturated heterocycles. The summed E-state index contributed by atoms with van der Waals surface area (Å²) in [7, 11) is 0.851. The lowest BCUT2D eigenvalue weighted by Gasteiger charge is -2.18. The van der Waals surface area contributed by atoms with Gasteiger partial charge in [-0.05, 0) is 47.5 Å². The van der Waals surface area contributed by atoms with Crippen molar-refractivity contribution in [1.82, 2.24) is 29.7 Å². The molecule has 0 fully saturated rings. The molecule has 0 bridgehead atoms. The van der Waals surface area contributed by atoms with Crippen LogP contribution in [0.25, 0.3) is 22.2 Å². The molecule has 1 aliphatic heterocycles. The van der Waals surface area contributed by atoms with Gasteiger partial charge in [0, 0.05) is 67.2 Å². The Bertz CT molecular complexity index is 1820. The van der Waals surface area contributed by atoms with E-state index in [-0.39, 0.29) is 0 Å². The van der Waals surface area contributed by atoms with Crippen molar-refractivity contribution < 1.29 is 9.30 Å². The summed E-state index contributed by atoms with van der Waals surface area (Å²) in [4.78, 5) is 18.0. The van der Waals surface area contributed by atoms with Gasteiger partial charge >= 0.3 is 0 Å². The highest BCUT2D eigenvalue weighted by molar-refractivity contribution is 9.10. The lowest BCUT2D eigenvalue weighted by atomic mass is 10.0. The highest BCUT2D eigenvalue weighted by Gasteiger charge is 2.23. The van der Waals surface area contributed by atoms with Crippen LogP contribution in [0.15, 0.2) is 53.5 Å². The quantitative estimate of drug-likeness (QED) is 0.215. The third-order valence-corrected chi connectivity index (χ3v) is 8.87. The fraction of sp³-hybridized carbons (Fsp3) is 0.222. The largest absolute Gasteiger partial charge is 0.494 e. The van der Waals surface area contributed by atoms with Crippen LogP contribution < -0.4 is 26.0 Å². The minimum Gasteiger partial charge on any atom is -0.494 e. The van der Waals surface area contributed by atoms with Gasteiger partial charge in [0.05, 0.1) is 40.0 Å². The number of hydrogen-bond donors (Lipinski definition) is 3. The van der Waals surface area contributed by atoms with Gasteiger partial charge < -0.3 is 25.3 Å². The number of rotatable bonds is 6. The molecule has 0 radical (unpaired) electrons. The van der Waals surface area contributed by atoms with Gasteiger partial charge in [-0.1, -0.05) is 0 Å². The van der Waals surface area contributed by atoms with Crippen molar-refractivity contribution >= 4 is 68.2 Å². The molecule has 0 spiro atoms. The fourth-order valence-electron chi connectivity index (χ4n) is 4.95. The molecule has 40 heavy (non-hydrogen) atoms. The van der Waals surface area contributed by atoms with E-state index in [9.17, 15) is 4.57 Å². The topological polar surface area (TPSA) is 132 Å². The summed E-state index contributed by atoms with van der Waals surface area (Å²) in [5.74, 6) is 1.50. The number of aromatic nitrogens is 6. The lowest BCUT2D eigenvalue weighted by Crippen LogP contribution is -2.14. The lowest BCUT2D eigenvalue weighted by molar-refractivity contribution is 0.417. The van der Waals surface area contributed by atoms with Gasteiger partial charge in [-0.15, -0.1) is 0 Å². The smallest absolute Gasteiger partial charge is 0.229 e. The minimum atomic E-state index is -2.74. The summed E-state index contributed by atoms with van der Waals surface area (Å²) in [6.07, 6.45) is 7.64. The van der Waals surface area contributed by atoms with Crippen molar-refractivity contribution in [3.63, 3.8) is 0 Å². The van der Waals surface area contributed by atoms with Crippen LogP contribution in [0, 0.1) is 0 Å². The molecule has 0 unspecified atom stereocenters. The second kappa shape index (κ2) is 10.2. The van der Waals surface area contributed by atoms with E-state index >= 15 is 0 Å². The molecular formula is C27H27BrN9O2P. The molecule has 3 aromatic heterocycles. The molecule has 0 amide bonds. The molecule has 3 N–H and O–H groups in total. The zero-order chi connectivity index (χ0) is 28.0. The zero-order valence-corrected chi connectivity index (χ0v) is 24.8. The van der Waals surface area contributed by atoms with Crippen LogP contribution in [0.3, 0.4) is 0 Å². The third kappa shape index (κ3) is 4.77. The van der Waals surface area contributed by atoms with Gasteiger partial charge in [-0.3, -0.25) is 14.6 Å². The van der Waals surface area contributed by atoms with E-state index in [2.05, 4.69) is 51.9 Å². The van der Waals surface area contributed by atoms with Crippen LogP contribution in [-0.2, 0) is 18.0 Å².